The lowest BCUT2D eigenvalue weighted by Gasteiger charge is -2.46. The first-order valence-electron chi connectivity index (χ1n) is 20.9. The molecule has 0 radical (unpaired) electrons. The summed E-state index contributed by atoms with van der Waals surface area (Å²) in [6, 6.07) is 47.6. The van der Waals surface area contributed by atoms with Crippen LogP contribution in [0.4, 0.5) is 11.4 Å². The van der Waals surface area contributed by atoms with Gasteiger partial charge in [0.2, 0.25) is 0 Å². The highest BCUT2D eigenvalue weighted by Crippen LogP contribution is 2.57. The molecule has 7 aromatic carbocycles. The first-order chi connectivity index (χ1) is 29.7. The Balaban J connectivity index is 1.08. The summed E-state index contributed by atoms with van der Waals surface area (Å²) in [5, 5.41) is 20.1. The van der Waals surface area contributed by atoms with Gasteiger partial charge in [0.1, 0.15) is 0 Å². The van der Waals surface area contributed by atoms with E-state index in [1.807, 2.05) is 0 Å². The van der Waals surface area contributed by atoms with Crippen molar-refractivity contribution in [2.45, 2.75) is 12.0 Å². The topological polar surface area (TPSA) is 31.4 Å². The summed E-state index contributed by atoms with van der Waals surface area (Å²) in [6.07, 6.45) is 21.8. The van der Waals surface area contributed by atoms with E-state index < -0.39 is 0 Å². The van der Waals surface area contributed by atoms with Crippen LogP contribution in [0, 0.1) is 35.7 Å². The van der Waals surface area contributed by atoms with Crippen molar-refractivity contribution in [2.75, 3.05) is 4.90 Å². The summed E-state index contributed by atoms with van der Waals surface area (Å²) in [7, 11) is 0. The van der Waals surface area contributed by atoms with Crippen molar-refractivity contribution < 1.29 is 0 Å². The minimum absolute atomic E-state index is 0.0424. The van der Waals surface area contributed by atoms with Crippen LogP contribution in [-0.2, 0) is 0 Å². The molecular weight excluding hydrogens is 727 g/mol. The molecule has 0 spiro atoms. The molecule has 0 amide bonds. The molecule has 0 aromatic heterocycles. The number of nitrogens with zero attached hydrogens (tertiary/aromatic N) is 3. The predicted octanol–water partition coefficient (Wildman–Crippen LogP) is 13.9. The van der Waals surface area contributed by atoms with Crippen LogP contribution in [0.1, 0.15) is 28.2 Å². The largest absolute Gasteiger partial charge is 0.333 e. The van der Waals surface area contributed by atoms with E-state index in [1.54, 1.807) is 0 Å². The van der Waals surface area contributed by atoms with Crippen LogP contribution in [0.3, 0.4) is 0 Å². The van der Waals surface area contributed by atoms with Crippen LogP contribution in [0.15, 0.2) is 205 Å². The maximum atomic E-state index is 10.2. The number of hydrogen-bond acceptors (Lipinski definition) is 2. The summed E-state index contributed by atoms with van der Waals surface area (Å²) in [6.45, 7) is 8.11. The Morgan fingerprint density at radius 1 is 0.567 bits per heavy atom. The standard InChI is InChI=1S/C57H35N3/c1-59-36-28-35-13-11-21-43-40-16-4-6-19-44(40)57(51(29-36)54(35)43)50-31-49-39-15-3-2-14-38(39)48-30-37(24-25-47(48)56(49)45-20-7-5-17-41(45)50)60-52-23-9-8-18-42(52)46-22-10-12-34-26-33(32-58)27-53(60)55(34)46/h2-31,51,53-55,57H. The highest BCUT2D eigenvalue weighted by molar-refractivity contribution is 6.32. The van der Waals surface area contributed by atoms with Crippen molar-refractivity contribution in [1.29, 1.82) is 5.26 Å². The van der Waals surface area contributed by atoms with E-state index >= 15 is 0 Å². The molecule has 1 heterocycles. The predicted molar refractivity (Wildman–Crippen MR) is 246 cm³/mol. The average molecular weight is 762 g/mol. The highest BCUT2D eigenvalue weighted by atomic mass is 15.2. The van der Waals surface area contributed by atoms with Crippen LogP contribution in [0.25, 0.3) is 59.1 Å². The number of allylic oxidation sites excluding steroid dienone is 12. The normalized spacial score (nSPS) is 22.9. The van der Waals surface area contributed by atoms with Crippen LogP contribution in [0.5, 0.6) is 0 Å². The quantitative estimate of drug-likeness (QED) is 0.130. The number of para-hydroxylation sites is 1. The summed E-state index contributed by atoms with van der Waals surface area (Å²) < 4.78 is 0. The zero-order chi connectivity index (χ0) is 39.6. The van der Waals surface area contributed by atoms with Crippen molar-refractivity contribution in [3.8, 4) is 6.07 Å². The van der Waals surface area contributed by atoms with E-state index in [0.717, 1.165) is 17.1 Å². The van der Waals surface area contributed by atoms with Crippen molar-refractivity contribution in [2.24, 2.45) is 17.8 Å². The molecule has 5 atom stereocenters. The lowest BCUT2D eigenvalue weighted by atomic mass is 9.59. The maximum absolute atomic E-state index is 10.2. The second-order valence-corrected chi connectivity index (χ2v) is 16.9. The van der Waals surface area contributed by atoms with Gasteiger partial charge in [-0.15, -0.1) is 0 Å². The Morgan fingerprint density at radius 2 is 1.23 bits per heavy atom. The zero-order valence-corrected chi connectivity index (χ0v) is 32.5. The van der Waals surface area contributed by atoms with Gasteiger partial charge in [0.05, 0.1) is 24.3 Å². The molecule has 0 fully saturated rings. The minimum atomic E-state index is -0.0424. The minimum Gasteiger partial charge on any atom is -0.333 e. The molecule has 0 N–H and O–H groups in total. The van der Waals surface area contributed by atoms with Crippen LogP contribution >= 0.6 is 0 Å². The van der Waals surface area contributed by atoms with Crippen molar-refractivity contribution in [3.05, 3.63) is 238 Å². The Labute approximate surface area is 348 Å². The van der Waals surface area contributed by atoms with Gasteiger partial charge in [-0.05, 0) is 119 Å². The molecule has 5 unspecified atom stereocenters. The third kappa shape index (κ3) is 4.47. The fourth-order valence-electron chi connectivity index (χ4n) is 11.8. The fraction of sp³-hybridized carbons (Fsp3) is 0.0877. The maximum Gasteiger partial charge on any atom is 0.184 e. The van der Waals surface area contributed by atoms with Gasteiger partial charge in [0.15, 0.2) is 5.70 Å². The highest BCUT2D eigenvalue weighted by Gasteiger charge is 2.44. The molecule has 0 saturated carbocycles. The number of fused-ring (bicyclic) bond motifs is 12. The van der Waals surface area contributed by atoms with Crippen LogP contribution < -0.4 is 4.90 Å². The smallest absolute Gasteiger partial charge is 0.184 e. The summed E-state index contributed by atoms with van der Waals surface area (Å²) in [4.78, 5) is 6.48. The first-order valence-corrected chi connectivity index (χ1v) is 20.9. The fourth-order valence-corrected chi connectivity index (χ4v) is 11.8. The zero-order valence-electron chi connectivity index (χ0n) is 32.5. The number of hydrogen-bond donors (Lipinski definition) is 0. The van der Waals surface area contributed by atoms with E-state index in [2.05, 4.69) is 198 Å². The van der Waals surface area contributed by atoms with E-state index in [1.165, 1.54) is 87.6 Å². The van der Waals surface area contributed by atoms with Crippen molar-refractivity contribution >= 4 is 65.6 Å². The monoisotopic (exact) mass is 761 g/mol. The van der Waals surface area contributed by atoms with Crippen molar-refractivity contribution in [1.82, 2.24) is 0 Å². The molecule has 0 bridgehead atoms. The first kappa shape index (κ1) is 33.3. The average Bonchev–Trinajstić information content (AvgIpc) is 3.31. The van der Waals surface area contributed by atoms with Gasteiger partial charge >= 0.3 is 0 Å². The second kappa shape index (κ2) is 12.4. The Bertz CT molecular complexity index is 3490. The summed E-state index contributed by atoms with van der Waals surface area (Å²) in [5.41, 5.74) is 13.9. The second-order valence-electron chi connectivity index (χ2n) is 16.9. The Kier molecular flexibility index (Phi) is 6.87. The molecule has 7 aromatic rings. The number of benzene rings is 7. The van der Waals surface area contributed by atoms with Crippen LogP contribution in [0.2, 0.25) is 0 Å². The molecule has 3 heteroatoms. The van der Waals surface area contributed by atoms with Gasteiger partial charge in [0.25, 0.3) is 0 Å². The Hall–Kier alpha value is -7.72. The van der Waals surface area contributed by atoms with Crippen molar-refractivity contribution in [3.63, 3.8) is 0 Å². The molecule has 13 rings (SSSR count). The summed E-state index contributed by atoms with van der Waals surface area (Å²) in [5.74, 6) is 0.469. The number of anilines is 2. The Morgan fingerprint density at radius 3 is 2.03 bits per heavy atom. The molecule has 3 nitrogen and oxygen atoms in total. The van der Waals surface area contributed by atoms with E-state index in [0.29, 0.717) is 5.57 Å². The van der Waals surface area contributed by atoms with Gasteiger partial charge in [-0.2, -0.15) is 5.26 Å². The van der Waals surface area contributed by atoms with Gasteiger partial charge in [0, 0.05) is 34.7 Å². The van der Waals surface area contributed by atoms with Gasteiger partial charge in [-0.1, -0.05) is 151 Å². The number of nitriles is 1. The molecule has 1 aliphatic heterocycles. The lowest BCUT2D eigenvalue weighted by molar-refractivity contribution is 0.470. The third-order valence-electron chi connectivity index (χ3n) is 14.1. The van der Waals surface area contributed by atoms with Gasteiger partial charge in [-0.25, -0.2) is 4.85 Å². The molecule has 5 aliphatic carbocycles. The lowest BCUT2D eigenvalue weighted by Crippen LogP contribution is -2.43. The summed E-state index contributed by atoms with van der Waals surface area (Å²) >= 11 is 0. The van der Waals surface area contributed by atoms with E-state index in [4.69, 9.17) is 6.57 Å². The molecule has 278 valence electrons. The van der Waals surface area contributed by atoms with E-state index in [-0.39, 0.29) is 29.7 Å². The molecule has 0 saturated heterocycles. The van der Waals surface area contributed by atoms with E-state index in [9.17, 15) is 5.26 Å². The van der Waals surface area contributed by atoms with Gasteiger partial charge in [-0.3, -0.25) is 0 Å². The van der Waals surface area contributed by atoms with Crippen LogP contribution in [-0.4, -0.2) is 6.04 Å². The number of rotatable bonds is 2. The molecule has 6 aliphatic rings. The third-order valence-corrected chi connectivity index (χ3v) is 14.1. The van der Waals surface area contributed by atoms with Gasteiger partial charge < -0.3 is 4.90 Å². The SMILES string of the molecule is [C-]#[N+]C1=CC2C3C(=C1)C=CC=C3c1ccccc1C2c1cc2c3ccccc3c3cc(N4c5ccccc5C5=CC=CC6=CC(C#N)=CC4C65)ccc3c2c2ccccc12. The molecule has 60 heavy (non-hydrogen) atoms. The molecular formula is C57H35N3.